The highest BCUT2D eigenvalue weighted by Gasteiger charge is 2.04. The van der Waals surface area contributed by atoms with Crippen molar-refractivity contribution in [2.24, 2.45) is 0 Å². The molecule has 0 radical (unpaired) electrons. The SMILES string of the molecule is O=C(O)/C=C/c1cc(Br)cc(CC(=O)CCl)c1. The van der Waals surface area contributed by atoms with Crippen LogP contribution in [0.5, 0.6) is 0 Å². The quantitative estimate of drug-likeness (QED) is 0.671. The lowest BCUT2D eigenvalue weighted by Gasteiger charge is -2.02. The first-order valence-electron chi connectivity index (χ1n) is 4.79. The van der Waals surface area contributed by atoms with Crippen molar-refractivity contribution in [1.29, 1.82) is 0 Å². The number of hydrogen-bond acceptors (Lipinski definition) is 2. The normalized spacial score (nSPS) is 10.7. The van der Waals surface area contributed by atoms with E-state index in [1.807, 2.05) is 6.07 Å². The molecule has 1 aromatic carbocycles. The Morgan fingerprint density at radius 3 is 2.65 bits per heavy atom. The molecule has 0 saturated heterocycles. The molecule has 0 aromatic heterocycles. The molecule has 1 aromatic rings. The number of aliphatic carboxylic acids is 1. The zero-order valence-electron chi connectivity index (χ0n) is 8.82. The van der Waals surface area contributed by atoms with Crippen LogP contribution in [0.1, 0.15) is 11.1 Å². The standard InChI is InChI=1S/C12H10BrClO3/c13-10-4-8(1-2-12(16)17)3-9(5-10)6-11(15)7-14/h1-5H,6-7H2,(H,16,17)/b2-1+. The Balaban J connectivity index is 2.94. The number of alkyl halides is 1. The molecule has 90 valence electrons. The lowest BCUT2D eigenvalue weighted by molar-refractivity contribution is -0.131. The molecule has 1 N–H and O–H groups in total. The number of benzene rings is 1. The highest BCUT2D eigenvalue weighted by molar-refractivity contribution is 9.10. The van der Waals surface area contributed by atoms with Gasteiger partial charge in [-0.15, -0.1) is 11.6 Å². The van der Waals surface area contributed by atoms with Gasteiger partial charge in [0.2, 0.25) is 0 Å². The van der Waals surface area contributed by atoms with E-state index in [-0.39, 0.29) is 18.1 Å². The number of ketones is 1. The molecule has 0 aliphatic carbocycles. The predicted octanol–water partition coefficient (Wildman–Crippen LogP) is 2.90. The van der Waals surface area contributed by atoms with Gasteiger partial charge in [0.25, 0.3) is 0 Å². The molecule has 0 spiro atoms. The van der Waals surface area contributed by atoms with E-state index in [0.717, 1.165) is 21.7 Å². The third-order valence-corrected chi connectivity index (χ3v) is 2.70. The van der Waals surface area contributed by atoms with Crippen LogP contribution in [-0.2, 0) is 16.0 Å². The number of rotatable bonds is 5. The van der Waals surface area contributed by atoms with Crippen LogP contribution in [0.15, 0.2) is 28.7 Å². The summed E-state index contributed by atoms with van der Waals surface area (Å²) < 4.78 is 0.794. The highest BCUT2D eigenvalue weighted by atomic mass is 79.9. The first-order valence-corrected chi connectivity index (χ1v) is 6.12. The van der Waals surface area contributed by atoms with Gasteiger partial charge in [0.1, 0.15) is 0 Å². The molecule has 0 aliphatic heterocycles. The molecule has 0 fully saturated rings. The highest BCUT2D eigenvalue weighted by Crippen LogP contribution is 2.17. The molecule has 3 nitrogen and oxygen atoms in total. The summed E-state index contributed by atoms with van der Waals surface area (Å²) in [5.74, 6) is -1.10. The maximum absolute atomic E-state index is 11.2. The Hall–Kier alpha value is -1.13. The Morgan fingerprint density at radius 1 is 1.35 bits per heavy atom. The van der Waals surface area contributed by atoms with Crippen LogP contribution in [0, 0.1) is 0 Å². The van der Waals surface area contributed by atoms with Crippen molar-refractivity contribution in [1.82, 2.24) is 0 Å². The number of Topliss-reactive ketones (excluding diaryl/α,β-unsaturated/α-hetero) is 1. The Morgan fingerprint density at radius 2 is 2.06 bits per heavy atom. The molecule has 0 aliphatic rings. The number of carboxylic acid groups (broad SMARTS) is 1. The smallest absolute Gasteiger partial charge is 0.328 e. The van der Waals surface area contributed by atoms with E-state index in [1.165, 1.54) is 6.08 Å². The number of carbonyl (C=O) groups is 2. The first kappa shape index (κ1) is 13.9. The van der Waals surface area contributed by atoms with E-state index < -0.39 is 5.97 Å². The van der Waals surface area contributed by atoms with Crippen molar-refractivity contribution in [3.8, 4) is 0 Å². The zero-order chi connectivity index (χ0) is 12.8. The van der Waals surface area contributed by atoms with E-state index >= 15 is 0 Å². The minimum Gasteiger partial charge on any atom is -0.478 e. The van der Waals surface area contributed by atoms with Gasteiger partial charge < -0.3 is 5.11 Å². The first-order chi connectivity index (χ1) is 8.01. The lowest BCUT2D eigenvalue weighted by Crippen LogP contribution is -2.03. The topological polar surface area (TPSA) is 54.4 Å². The zero-order valence-corrected chi connectivity index (χ0v) is 11.2. The third kappa shape index (κ3) is 5.15. The number of carboxylic acids is 1. The summed E-state index contributed by atoms with van der Waals surface area (Å²) in [5.41, 5.74) is 1.52. The van der Waals surface area contributed by atoms with Crippen LogP contribution in [-0.4, -0.2) is 22.7 Å². The van der Waals surface area contributed by atoms with Gasteiger partial charge in [-0.1, -0.05) is 22.0 Å². The molecule has 0 atom stereocenters. The van der Waals surface area contributed by atoms with Gasteiger partial charge in [-0.05, 0) is 29.3 Å². The maximum atomic E-state index is 11.2. The summed E-state index contributed by atoms with van der Waals surface area (Å²) in [4.78, 5) is 21.6. The van der Waals surface area contributed by atoms with Crippen LogP contribution in [0.3, 0.4) is 0 Å². The molecule has 17 heavy (non-hydrogen) atoms. The van der Waals surface area contributed by atoms with E-state index in [9.17, 15) is 9.59 Å². The lowest BCUT2D eigenvalue weighted by atomic mass is 10.1. The van der Waals surface area contributed by atoms with Crippen molar-refractivity contribution in [2.75, 3.05) is 5.88 Å². The van der Waals surface area contributed by atoms with E-state index in [4.69, 9.17) is 16.7 Å². The second-order valence-corrected chi connectivity index (χ2v) is 4.60. The van der Waals surface area contributed by atoms with Crippen molar-refractivity contribution in [2.45, 2.75) is 6.42 Å². The third-order valence-electron chi connectivity index (χ3n) is 1.95. The number of hydrogen-bond donors (Lipinski definition) is 1. The second kappa shape index (κ2) is 6.57. The number of halogens is 2. The Bertz CT molecular complexity index is 469. The van der Waals surface area contributed by atoms with Crippen molar-refractivity contribution in [3.05, 3.63) is 39.9 Å². The summed E-state index contributed by atoms with van der Waals surface area (Å²) in [6, 6.07) is 5.34. The number of carbonyl (C=O) groups excluding carboxylic acids is 1. The van der Waals surface area contributed by atoms with Crippen LogP contribution in [0.25, 0.3) is 6.08 Å². The van der Waals surface area contributed by atoms with Gasteiger partial charge in [-0.3, -0.25) is 4.79 Å². The Kier molecular flexibility index (Phi) is 5.38. The molecule has 0 saturated carbocycles. The second-order valence-electron chi connectivity index (χ2n) is 3.41. The monoisotopic (exact) mass is 316 g/mol. The molecule has 5 heteroatoms. The molecule has 0 heterocycles. The summed E-state index contributed by atoms with van der Waals surface area (Å²) in [6.07, 6.45) is 2.77. The maximum Gasteiger partial charge on any atom is 0.328 e. The fraction of sp³-hybridized carbons (Fsp3) is 0.167. The van der Waals surface area contributed by atoms with Crippen molar-refractivity contribution < 1.29 is 14.7 Å². The molecule has 0 amide bonds. The van der Waals surface area contributed by atoms with Crippen molar-refractivity contribution >= 4 is 45.4 Å². The fourth-order valence-electron chi connectivity index (χ4n) is 1.32. The predicted molar refractivity (Wildman–Crippen MR) is 70.2 cm³/mol. The minimum absolute atomic E-state index is 0.0210. The van der Waals surface area contributed by atoms with Crippen molar-refractivity contribution in [3.63, 3.8) is 0 Å². The summed E-state index contributed by atoms with van der Waals surface area (Å²) in [5, 5.41) is 8.53. The van der Waals surface area contributed by atoms with Crippen LogP contribution >= 0.6 is 27.5 Å². The minimum atomic E-state index is -1.01. The van der Waals surface area contributed by atoms with E-state index in [1.54, 1.807) is 12.1 Å². The Labute approximate surface area is 112 Å². The van der Waals surface area contributed by atoms with Gasteiger partial charge >= 0.3 is 5.97 Å². The molecule has 1 rings (SSSR count). The average Bonchev–Trinajstić information content (AvgIpc) is 2.25. The van der Waals surface area contributed by atoms with E-state index in [0.29, 0.717) is 0 Å². The van der Waals surface area contributed by atoms with Gasteiger partial charge in [-0.25, -0.2) is 4.79 Å². The van der Waals surface area contributed by atoms with Crippen LogP contribution in [0.2, 0.25) is 0 Å². The van der Waals surface area contributed by atoms with Crippen LogP contribution in [0.4, 0.5) is 0 Å². The fourth-order valence-corrected chi connectivity index (χ4v) is 1.97. The van der Waals surface area contributed by atoms with Gasteiger partial charge in [0.15, 0.2) is 5.78 Å². The van der Waals surface area contributed by atoms with E-state index in [2.05, 4.69) is 15.9 Å². The average molecular weight is 318 g/mol. The molecular formula is C12H10BrClO3. The van der Waals surface area contributed by atoms with Gasteiger partial charge in [0.05, 0.1) is 5.88 Å². The summed E-state index contributed by atoms with van der Waals surface area (Å²) in [7, 11) is 0. The molecule has 0 bridgehead atoms. The van der Waals surface area contributed by atoms with Crippen LogP contribution < -0.4 is 0 Å². The summed E-state index contributed by atoms with van der Waals surface area (Å²) in [6.45, 7) is 0. The largest absolute Gasteiger partial charge is 0.478 e. The molecule has 0 unspecified atom stereocenters. The molecular weight excluding hydrogens is 307 g/mol. The summed E-state index contributed by atoms with van der Waals surface area (Å²) >= 11 is 8.74. The van der Waals surface area contributed by atoms with Gasteiger partial charge in [-0.2, -0.15) is 0 Å². The van der Waals surface area contributed by atoms with Gasteiger partial charge in [0, 0.05) is 17.0 Å².